The maximum Gasteiger partial charge on any atom is 0.352 e. The van der Waals surface area contributed by atoms with Gasteiger partial charge < -0.3 is 39.2 Å². The van der Waals surface area contributed by atoms with Crippen LogP contribution < -0.4 is 11.4 Å². The van der Waals surface area contributed by atoms with Crippen LogP contribution in [0.4, 0.5) is 0 Å². The molecule has 0 spiro atoms. The fourth-order valence-electron chi connectivity index (χ4n) is 12.1. The van der Waals surface area contributed by atoms with Crippen LogP contribution in [0.25, 0.3) is 5.69 Å². The predicted molar refractivity (Wildman–Crippen MR) is 278 cm³/mol. The Balaban J connectivity index is 1.22. The van der Waals surface area contributed by atoms with Crippen molar-refractivity contribution in [2.24, 2.45) is 29.6 Å². The molecule has 2 aromatic rings. The number of aliphatic hydroxyl groups excluding tert-OH is 2. The lowest BCUT2D eigenvalue weighted by Gasteiger charge is -2.42. The Hall–Kier alpha value is -5.11. The number of carbonyl (C=O) groups excluding carboxylic acids is 5. The number of hydrogen-bond donors (Lipinski definition) is 3. The number of esters is 1. The van der Waals surface area contributed by atoms with Gasteiger partial charge in [-0.05, 0) is 126 Å². The SMILES string of the molecule is COC1CC(CC(C)[C@@H]2CC(=O)C/C=C(\C)[C@@H](O)C(OC)C(=O)[C@H](C)C[C@H](C)C3C=CC(/C=C(\C)CCC4CCC(C)C(O)(O4)C(=O)C(=O)N4CCCC[C@H]4C(=O)O2)n2c(=O)n(-c4ccccc4)c(=O)n23)CC[C@H]1O. The predicted octanol–water partition coefficient (Wildman–Crippen LogP) is 5.66. The van der Waals surface area contributed by atoms with Crippen molar-refractivity contribution in [2.45, 2.75) is 192 Å². The summed E-state index contributed by atoms with van der Waals surface area (Å²) in [7, 11) is 2.88. The molecular weight excluding hydrogens is 965 g/mol. The number of ketones is 3. The number of piperidine rings is 1. The molecule has 1 aliphatic carbocycles. The van der Waals surface area contributed by atoms with E-state index < -0.39 is 95.3 Å². The number of methoxy groups -OCH3 is 2. The molecule has 3 fully saturated rings. The van der Waals surface area contributed by atoms with E-state index in [4.69, 9.17) is 18.9 Å². The van der Waals surface area contributed by atoms with E-state index in [0.717, 1.165) is 10.1 Å². The summed E-state index contributed by atoms with van der Waals surface area (Å²) in [4.78, 5) is 101. The standard InChI is InChI=1S/C57H80N4O14/c1-33-17-23-43-24-19-38(6)57(71,75-43)52(66)53(67)58-27-13-12-16-45(58)54(68)74-47(36(4)30-39-20-26-46(63)48(31-39)72-7)32-42(62)22-18-34(2)49(64)51(73-8)50(65)37(5)29-35(3)44-25-21-41(28-33)60-55(69)59(56(70)61(44)60)40-14-10-9-11-15-40/h9-11,14-15,18,21,25,28,35-39,41,43-49,51,63-64,71H,12-13,16-17,19-20,22-24,26-27,29-32H2,1-8H3/b33-28+,34-18+/t35-,36?,37+,38?,39?,41?,43?,44?,45-,46+,47-,48?,49+,51?,57?/m0/s1. The molecule has 1 aromatic heterocycles. The minimum Gasteiger partial charge on any atom is -0.460 e. The fraction of sp³-hybridized carbons (Fsp3) is 0.667. The first kappa shape index (κ1) is 57.6. The van der Waals surface area contributed by atoms with E-state index in [2.05, 4.69) is 0 Å². The molecule has 1 aromatic carbocycles. The average molecular weight is 1050 g/mol. The van der Waals surface area contributed by atoms with Gasteiger partial charge in [-0.25, -0.2) is 28.3 Å². The van der Waals surface area contributed by atoms with E-state index in [-0.39, 0.29) is 67.7 Å². The van der Waals surface area contributed by atoms with Gasteiger partial charge in [-0.3, -0.25) is 19.2 Å². The summed E-state index contributed by atoms with van der Waals surface area (Å²) in [5.41, 5.74) is 0.425. The van der Waals surface area contributed by atoms with E-state index in [9.17, 15) is 48.9 Å². The number of aliphatic hydroxyl groups is 3. The molecule has 1 amide bonds. The first-order valence-electron chi connectivity index (χ1n) is 27.2. The number of Topliss-reactive ketones (excluding diaryl/α,β-unsaturated/α-hetero) is 3. The highest BCUT2D eigenvalue weighted by Crippen LogP contribution is 2.38. The van der Waals surface area contributed by atoms with Gasteiger partial charge in [0.15, 0.2) is 5.78 Å². The van der Waals surface area contributed by atoms with Crippen LogP contribution in [-0.2, 0) is 42.9 Å². The molecule has 1 saturated carbocycles. The summed E-state index contributed by atoms with van der Waals surface area (Å²) < 4.78 is 27.7. The maximum atomic E-state index is 14.5. The van der Waals surface area contributed by atoms with E-state index in [1.54, 1.807) is 58.2 Å². The molecule has 0 radical (unpaired) electrons. The zero-order chi connectivity index (χ0) is 54.5. The van der Waals surface area contributed by atoms with Gasteiger partial charge in [0.05, 0.1) is 36.1 Å². The number of amides is 1. The van der Waals surface area contributed by atoms with Crippen LogP contribution in [0.2, 0.25) is 0 Å². The Labute approximate surface area is 439 Å². The largest absolute Gasteiger partial charge is 0.460 e. The lowest BCUT2D eigenvalue weighted by Crippen LogP contribution is -2.60. The number of para-hydroxylation sites is 1. The van der Waals surface area contributed by atoms with Crippen molar-refractivity contribution < 1.29 is 58.2 Å². The van der Waals surface area contributed by atoms with Crippen LogP contribution >= 0.6 is 0 Å². The van der Waals surface area contributed by atoms with E-state index >= 15 is 0 Å². The van der Waals surface area contributed by atoms with E-state index in [1.165, 1.54) is 27.4 Å². The van der Waals surface area contributed by atoms with Crippen molar-refractivity contribution in [2.75, 3.05) is 20.8 Å². The summed E-state index contributed by atoms with van der Waals surface area (Å²) >= 11 is 0. The molecule has 18 nitrogen and oxygen atoms in total. The Kier molecular flexibility index (Phi) is 19.1. The molecular formula is C57H80N4O14. The maximum absolute atomic E-state index is 14.5. The highest BCUT2D eigenvalue weighted by Gasteiger charge is 2.53. The number of rotatable bonds is 6. The summed E-state index contributed by atoms with van der Waals surface area (Å²) in [6.45, 7) is 10.7. The molecule has 4 bridgehead atoms. The minimum absolute atomic E-state index is 0.0568. The number of aromatic nitrogens is 3. The van der Waals surface area contributed by atoms with Gasteiger partial charge in [0.2, 0.25) is 5.79 Å². The number of hydrogen-bond acceptors (Lipinski definition) is 14. The molecule has 412 valence electrons. The van der Waals surface area contributed by atoms with Crippen LogP contribution in [0.15, 0.2) is 75.4 Å². The topological polar surface area (TPSA) is 235 Å². The lowest BCUT2D eigenvalue weighted by molar-refractivity contribution is -0.263. The smallest absolute Gasteiger partial charge is 0.352 e. The Bertz CT molecular complexity index is 2600. The summed E-state index contributed by atoms with van der Waals surface area (Å²) in [6.07, 6.45) is 6.97. The minimum atomic E-state index is -2.48. The molecule has 9 unspecified atom stereocenters. The van der Waals surface area contributed by atoms with E-state index in [1.807, 2.05) is 39.0 Å². The number of carbonyl (C=O) groups is 5. The molecule has 3 N–H and O–H groups in total. The zero-order valence-corrected chi connectivity index (χ0v) is 45.0. The second-order valence-corrected chi connectivity index (χ2v) is 22.3. The molecule has 2 saturated heterocycles. The van der Waals surface area contributed by atoms with Crippen molar-refractivity contribution in [3.8, 4) is 5.69 Å². The van der Waals surface area contributed by atoms with Gasteiger partial charge in [0, 0.05) is 45.4 Å². The van der Waals surface area contributed by atoms with Gasteiger partial charge in [-0.2, -0.15) is 0 Å². The third-order valence-electron chi connectivity index (χ3n) is 16.8. The molecule has 15 atom stereocenters. The van der Waals surface area contributed by atoms with Gasteiger partial charge in [0.25, 0.3) is 11.7 Å². The fourth-order valence-corrected chi connectivity index (χ4v) is 12.1. The quantitative estimate of drug-likeness (QED) is 0.180. The van der Waals surface area contributed by atoms with Crippen molar-refractivity contribution >= 4 is 29.2 Å². The second kappa shape index (κ2) is 24.9. The van der Waals surface area contributed by atoms with Gasteiger partial charge in [0.1, 0.15) is 30.1 Å². The summed E-state index contributed by atoms with van der Waals surface area (Å²) in [6, 6.07) is 6.12. The summed E-state index contributed by atoms with van der Waals surface area (Å²) in [5.74, 6) is -8.26. The third-order valence-corrected chi connectivity index (χ3v) is 16.8. The van der Waals surface area contributed by atoms with Crippen LogP contribution in [0, 0.1) is 29.6 Å². The van der Waals surface area contributed by atoms with Crippen molar-refractivity contribution in [1.82, 2.24) is 18.8 Å². The highest BCUT2D eigenvalue weighted by molar-refractivity contribution is 6.39. The van der Waals surface area contributed by atoms with Crippen LogP contribution in [0.5, 0.6) is 0 Å². The number of benzene rings is 1. The Morgan fingerprint density at radius 3 is 2.27 bits per heavy atom. The van der Waals surface area contributed by atoms with Crippen LogP contribution in [0.1, 0.15) is 144 Å². The normalized spacial score (nSPS) is 36.2. The molecule has 75 heavy (non-hydrogen) atoms. The third kappa shape index (κ3) is 12.7. The van der Waals surface area contributed by atoms with Gasteiger partial charge in [-0.15, -0.1) is 0 Å². The van der Waals surface area contributed by atoms with Crippen molar-refractivity contribution in [1.29, 1.82) is 0 Å². The average Bonchev–Trinajstić information content (AvgIpc) is 3.67. The first-order valence-corrected chi connectivity index (χ1v) is 27.2. The monoisotopic (exact) mass is 1040 g/mol. The number of allylic oxidation sites excluding steroid dienone is 5. The van der Waals surface area contributed by atoms with Crippen LogP contribution in [-0.4, -0.2) is 133 Å². The summed E-state index contributed by atoms with van der Waals surface area (Å²) in [5, 5.41) is 34.2. The van der Waals surface area contributed by atoms with E-state index in [0.29, 0.717) is 75.5 Å². The first-order chi connectivity index (χ1) is 35.7. The van der Waals surface area contributed by atoms with Gasteiger partial charge >= 0.3 is 17.3 Å². The Morgan fingerprint density at radius 2 is 1.56 bits per heavy atom. The van der Waals surface area contributed by atoms with Gasteiger partial charge in [-0.1, -0.05) is 75.8 Å². The van der Waals surface area contributed by atoms with Crippen molar-refractivity contribution in [3.63, 3.8) is 0 Å². The number of nitrogens with zero attached hydrogens (tertiary/aromatic N) is 4. The second-order valence-electron chi connectivity index (χ2n) is 22.3. The van der Waals surface area contributed by atoms with Crippen LogP contribution in [0.3, 0.4) is 0 Å². The zero-order valence-electron chi connectivity index (χ0n) is 45.0. The lowest BCUT2D eigenvalue weighted by atomic mass is 9.78. The Morgan fingerprint density at radius 1 is 0.840 bits per heavy atom. The molecule has 18 heteroatoms. The highest BCUT2D eigenvalue weighted by atomic mass is 16.6. The van der Waals surface area contributed by atoms with Crippen molar-refractivity contribution in [3.05, 3.63) is 86.8 Å². The molecule has 6 aliphatic rings. The number of fused-ring (bicyclic) bond motifs is 15. The number of ether oxygens (including phenoxy) is 4. The molecule has 8 rings (SSSR count). The molecule has 6 heterocycles. The molecule has 5 aliphatic heterocycles.